The van der Waals surface area contributed by atoms with Crippen LogP contribution in [0.5, 0.6) is 0 Å². The van der Waals surface area contributed by atoms with Gasteiger partial charge < -0.3 is 0 Å². The number of fused-ring (bicyclic) bond motifs is 1. The fourth-order valence-corrected chi connectivity index (χ4v) is 5.37. The average molecular weight is 431 g/mol. The minimum Gasteiger partial charge on any atom is -0.274 e. The molecule has 0 saturated carbocycles. The van der Waals surface area contributed by atoms with Gasteiger partial charge >= 0.3 is 0 Å². The normalized spacial score (nSPS) is 15.7. The number of carbonyl (C=O) groups excluding carboxylic acids is 2. The molecule has 3 aromatic rings. The van der Waals surface area contributed by atoms with Gasteiger partial charge in [-0.15, -0.1) is 22.7 Å². The van der Waals surface area contributed by atoms with Gasteiger partial charge in [0.2, 0.25) is 0 Å². The van der Waals surface area contributed by atoms with E-state index in [9.17, 15) is 14.9 Å². The van der Waals surface area contributed by atoms with Crippen LogP contribution in [0.15, 0.2) is 47.1 Å². The summed E-state index contributed by atoms with van der Waals surface area (Å²) in [4.78, 5) is 32.5. The zero-order chi connectivity index (χ0) is 21.4. The van der Waals surface area contributed by atoms with E-state index < -0.39 is 5.91 Å². The van der Waals surface area contributed by atoms with Gasteiger partial charge in [0.05, 0.1) is 16.3 Å². The van der Waals surface area contributed by atoms with Crippen molar-refractivity contribution in [3.8, 4) is 22.7 Å². The van der Waals surface area contributed by atoms with E-state index in [1.54, 1.807) is 32.1 Å². The van der Waals surface area contributed by atoms with Crippen LogP contribution in [-0.4, -0.2) is 28.2 Å². The molecule has 0 aliphatic carbocycles. The maximum absolute atomic E-state index is 12.8. The van der Waals surface area contributed by atoms with Crippen molar-refractivity contribution >= 4 is 50.1 Å². The zero-order valence-corrected chi connectivity index (χ0v) is 17.7. The third-order valence-corrected chi connectivity index (χ3v) is 6.95. The Kier molecular flexibility index (Phi) is 5.04. The summed E-state index contributed by atoms with van der Waals surface area (Å²) < 4.78 is 0.986. The van der Waals surface area contributed by atoms with Crippen LogP contribution >= 0.6 is 22.7 Å². The first-order valence-electron chi connectivity index (χ1n) is 9.07. The monoisotopic (exact) mass is 430 g/mol. The topological polar surface area (TPSA) is 97.8 Å². The predicted molar refractivity (Wildman–Crippen MR) is 116 cm³/mol. The summed E-state index contributed by atoms with van der Waals surface area (Å²) in [5, 5.41) is 19.1. The Morgan fingerprint density at radius 2 is 1.83 bits per heavy atom. The number of rotatable bonds is 3. The Bertz CT molecular complexity index is 1310. The largest absolute Gasteiger partial charge is 0.274 e. The molecule has 0 spiro atoms. The summed E-state index contributed by atoms with van der Waals surface area (Å²) in [6.45, 7) is 3.55. The molecule has 0 bridgehead atoms. The molecule has 1 aromatic carbocycles. The molecule has 0 fully saturated rings. The highest BCUT2D eigenvalue weighted by molar-refractivity contribution is 7.29. The van der Waals surface area contributed by atoms with Gasteiger partial charge in [0.25, 0.3) is 11.8 Å². The Balaban J connectivity index is 1.72. The third-order valence-electron chi connectivity index (χ3n) is 4.80. The molecule has 6 nitrogen and oxygen atoms in total. The van der Waals surface area contributed by atoms with E-state index in [0.717, 1.165) is 29.9 Å². The Morgan fingerprint density at radius 1 is 1.10 bits per heavy atom. The van der Waals surface area contributed by atoms with Crippen molar-refractivity contribution in [1.82, 2.24) is 9.88 Å². The number of hydrogen-bond donors (Lipinski definition) is 0. The molecule has 2 aromatic heterocycles. The van der Waals surface area contributed by atoms with Crippen LogP contribution in [0.1, 0.15) is 24.3 Å². The van der Waals surface area contributed by atoms with Crippen LogP contribution in [0.25, 0.3) is 26.2 Å². The lowest BCUT2D eigenvalue weighted by Crippen LogP contribution is -2.42. The summed E-state index contributed by atoms with van der Waals surface area (Å²) in [6, 6.07) is 13.3. The van der Waals surface area contributed by atoms with Gasteiger partial charge in [-0.3, -0.25) is 14.5 Å². The highest BCUT2D eigenvalue weighted by Crippen LogP contribution is 2.37. The van der Waals surface area contributed by atoms with Gasteiger partial charge in [-0.1, -0.05) is 12.1 Å². The number of amides is 2. The molecule has 0 radical (unpaired) electrons. The van der Waals surface area contributed by atoms with Crippen molar-refractivity contribution < 1.29 is 9.59 Å². The van der Waals surface area contributed by atoms with E-state index in [2.05, 4.69) is 11.1 Å². The molecule has 2 amide bonds. The van der Waals surface area contributed by atoms with Crippen molar-refractivity contribution in [2.75, 3.05) is 6.54 Å². The molecule has 0 atom stereocenters. The zero-order valence-electron chi connectivity index (χ0n) is 16.1. The second-order valence-corrected chi connectivity index (χ2v) is 8.64. The van der Waals surface area contributed by atoms with E-state index >= 15 is 0 Å². The summed E-state index contributed by atoms with van der Waals surface area (Å²) in [6.07, 6.45) is 1.73. The number of imide groups is 1. The van der Waals surface area contributed by atoms with E-state index in [1.807, 2.05) is 24.3 Å². The third kappa shape index (κ3) is 3.22. The molecule has 0 unspecified atom stereocenters. The molecule has 8 heteroatoms. The van der Waals surface area contributed by atoms with Crippen molar-refractivity contribution in [3.05, 3.63) is 57.5 Å². The van der Waals surface area contributed by atoms with Gasteiger partial charge in [0.15, 0.2) is 0 Å². The number of likely N-dealkylation sites (N-methyl/N-ethyl adjacent to an activating group) is 1. The SMILES string of the molecule is CCN1C(=O)C(C#N)=C(C)/C(=C/c2cc3sc(-c4ccc(C#N)cc4)nc3s2)C1=O. The minimum atomic E-state index is -0.541. The molecule has 1 aliphatic heterocycles. The predicted octanol–water partition coefficient (Wildman–Crippen LogP) is 4.51. The molecule has 30 heavy (non-hydrogen) atoms. The van der Waals surface area contributed by atoms with Crippen LogP contribution in [0.3, 0.4) is 0 Å². The standard InChI is InChI=1S/C22H14N4O2S2/c1-3-26-21(27)16(12(2)17(11-24)22(26)28)8-15-9-18-20(29-15)25-19(30-18)14-6-4-13(10-23)5-7-14/h4-9H,3H2,1-2H3/b16-8-. The Labute approximate surface area is 180 Å². The molecule has 4 rings (SSSR count). The molecular formula is C22H14N4O2S2. The number of nitrogens with zero attached hydrogens (tertiary/aromatic N) is 4. The number of hydrogen-bond acceptors (Lipinski definition) is 7. The second-order valence-electron chi connectivity index (χ2n) is 6.55. The molecule has 146 valence electrons. The highest BCUT2D eigenvalue weighted by atomic mass is 32.1. The fraction of sp³-hybridized carbons (Fsp3) is 0.136. The van der Waals surface area contributed by atoms with Crippen LogP contribution in [0, 0.1) is 22.7 Å². The van der Waals surface area contributed by atoms with Crippen molar-refractivity contribution in [3.63, 3.8) is 0 Å². The smallest absolute Gasteiger partial charge is 0.271 e. The highest BCUT2D eigenvalue weighted by Gasteiger charge is 2.34. The maximum atomic E-state index is 12.8. The van der Waals surface area contributed by atoms with E-state index in [4.69, 9.17) is 5.26 Å². The molecule has 3 heterocycles. The Hall–Kier alpha value is -3.59. The van der Waals surface area contributed by atoms with Gasteiger partial charge in [0.1, 0.15) is 21.5 Å². The average Bonchev–Trinajstić information content (AvgIpc) is 3.31. The minimum absolute atomic E-state index is 0.00213. The number of thiophene rings is 1. The number of benzene rings is 1. The van der Waals surface area contributed by atoms with Crippen molar-refractivity contribution in [2.45, 2.75) is 13.8 Å². The number of carbonyl (C=O) groups is 2. The van der Waals surface area contributed by atoms with Gasteiger partial charge in [-0.25, -0.2) is 4.98 Å². The number of aromatic nitrogens is 1. The Morgan fingerprint density at radius 3 is 2.43 bits per heavy atom. The maximum Gasteiger partial charge on any atom is 0.271 e. The second kappa shape index (κ2) is 7.68. The fourth-order valence-electron chi connectivity index (χ4n) is 3.19. The summed E-state index contributed by atoms with van der Waals surface area (Å²) >= 11 is 2.98. The van der Waals surface area contributed by atoms with Crippen molar-refractivity contribution in [1.29, 1.82) is 10.5 Å². The lowest BCUT2D eigenvalue weighted by atomic mass is 9.95. The summed E-state index contributed by atoms with van der Waals surface area (Å²) in [7, 11) is 0. The van der Waals surface area contributed by atoms with Crippen LogP contribution in [0.4, 0.5) is 0 Å². The van der Waals surface area contributed by atoms with E-state index in [0.29, 0.717) is 16.7 Å². The van der Waals surface area contributed by atoms with Gasteiger partial charge in [-0.05, 0) is 43.7 Å². The van der Waals surface area contributed by atoms with Crippen LogP contribution in [-0.2, 0) is 9.59 Å². The first-order valence-corrected chi connectivity index (χ1v) is 10.7. The lowest BCUT2D eigenvalue weighted by Gasteiger charge is -2.26. The van der Waals surface area contributed by atoms with E-state index in [1.165, 1.54) is 22.7 Å². The summed E-state index contributed by atoms with van der Waals surface area (Å²) in [5.41, 5.74) is 2.30. The lowest BCUT2D eigenvalue weighted by molar-refractivity contribution is -0.140. The van der Waals surface area contributed by atoms with Gasteiger partial charge in [-0.2, -0.15) is 10.5 Å². The van der Waals surface area contributed by atoms with E-state index in [-0.39, 0.29) is 18.0 Å². The first-order chi connectivity index (χ1) is 14.5. The molecule has 1 aliphatic rings. The van der Waals surface area contributed by atoms with Crippen LogP contribution < -0.4 is 0 Å². The molecular weight excluding hydrogens is 416 g/mol. The first kappa shape index (κ1) is 19.7. The van der Waals surface area contributed by atoms with Gasteiger partial charge in [0, 0.05) is 22.6 Å². The number of nitriles is 2. The van der Waals surface area contributed by atoms with Crippen molar-refractivity contribution in [2.24, 2.45) is 0 Å². The molecule has 0 N–H and O–H groups in total. The summed E-state index contributed by atoms with van der Waals surface area (Å²) in [5.74, 6) is -0.928. The van der Waals surface area contributed by atoms with Crippen LogP contribution in [0.2, 0.25) is 0 Å². The quantitative estimate of drug-likeness (QED) is 0.450. The molecule has 0 saturated heterocycles. The number of thiazole rings is 1.